The Morgan fingerprint density at radius 3 is 2.30 bits per heavy atom. The number of aromatic nitrogens is 1. The minimum absolute atomic E-state index is 0.604. The lowest BCUT2D eigenvalue weighted by Crippen LogP contribution is -2.16. The molecule has 0 saturated carbocycles. The van der Waals surface area contributed by atoms with Crippen molar-refractivity contribution in [1.29, 1.82) is 0 Å². The number of pyridine rings is 1. The van der Waals surface area contributed by atoms with E-state index in [1.54, 1.807) is 12.0 Å². The summed E-state index contributed by atoms with van der Waals surface area (Å²) < 4.78 is 5.21. The van der Waals surface area contributed by atoms with E-state index in [0.717, 1.165) is 39.9 Å². The van der Waals surface area contributed by atoms with E-state index in [9.17, 15) is 4.79 Å². The first kappa shape index (κ1) is 16.8. The van der Waals surface area contributed by atoms with Crippen LogP contribution in [0.5, 0.6) is 5.75 Å². The van der Waals surface area contributed by atoms with Crippen LogP contribution in [0.25, 0.3) is 22.0 Å². The number of ether oxygens (including phenoxy) is 1. The predicted molar refractivity (Wildman–Crippen MR) is 108 cm³/mol. The van der Waals surface area contributed by atoms with E-state index >= 15 is 0 Å². The molecule has 0 N–H and O–H groups in total. The first-order chi connectivity index (χ1) is 13.3. The maximum absolute atomic E-state index is 12.0. The molecule has 0 aliphatic rings. The summed E-state index contributed by atoms with van der Waals surface area (Å²) in [5.74, 6) is 1.34. The van der Waals surface area contributed by atoms with E-state index in [4.69, 9.17) is 9.72 Å². The van der Waals surface area contributed by atoms with E-state index in [2.05, 4.69) is 0 Å². The average Bonchev–Trinajstić information content (AvgIpc) is 2.75. The van der Waals surface area contributed by atoms with E-state index in [1.165, 1.54) is 0 Å². The number of benzene rings is 3. The maximum Gasteiger partial charge on any atom is 0.219 e. The standard InChI is InChI=1S/C23H18N2O2/c1-27-20-13-11-19(12-14-20)25(16-26)23-21-10-6-5-9-18(21)15-22(24-23)17-7-3-2-4-8-17/h2-16H,1H3. The number of nitrogens with zero attached hydrogens (tertiary/aromatic N) is 2. The summed E-state index contributed by atoms with van der Waals surface area (Å²) in [5.41, 5.74) is 2.56. The van der Waals surface area contributed by atoms with E-state index < -0.39 is 0 Å². The molecule has 0 unspecified atom stereocenters. The smallest absolute Gasteiger partial charge is 0.219 e. The molecule has 0 saturated heterocycles. The second-order valence-corrected chi connectivity index (χ2v) is 6.09. The number of rotatable bonds is 5. The highest BCUT2D eigenvalue weighted by molar-refractivity contribution is 6.01. The molecule has 0 fully saturated rings. The minimum Gasteiger partial charge on any atom is -0.497 e. The zero-order chi connectivity index (χ0) is 18.6. The summed E-state index contributed by atoms with van der Waals surface area (Å²) in [5, 5.41) is 1.95. The Bertz CT molecular complexity index is 1080. The van der Waals surface area contributed by atoms with Gasteiger partial charge in [-0.1, -0.05) is 54.6 Å². The minimum atomic E-state index is 0.604. The summed E-state index contributed by atoms with van der Waals surface area (Å²) in [4.78, 5) is 18.4. The fourth-order valence-electron chi connectivity index (χ4n) is 3.10. The van der Waals surface area contributed by atoms with Crippen LogP contribution >= 0.6 is 0 Å². The van der Waals surface area contributed by atoms with Gasteiger partial charge in [-0.05, 0) is 35.7 Å². The first-order valence-electron chi connectivity index (χ1n) is 8.64. The Kier molecular flexibility index (Phi) is 4.54. The number of hydrogen-bond donors (Lipinski definition) is 0. The fourth-order valence-corrected chi connectivity index (χ4v) is 3.10. The number of fused-ring (bicyclic) bond motifs is 1. The highest BCUT2D eigenvalue weighted by atomic mass is 16.5. The number of amides is 1. The van der Waals surface area contributed by atoms with Crippen LogP contribution in [-0.2, 0) is 4.79 Å². The Morgan fingerprint density at radius 2 is 1.59 bits per heavy atom. The molecule has 3 aromatic carbocycles. The largest absolute Gasteiger partial charge is 0.497 e. The summed E-state index contributed by atoms with van der Waals surface area (Å²) in [7, 11) is 1.62. The van der Waals surface area contributed by atoms with Crippen molar-refractivity contribution in [3.05, 3.63) is 84.9 Å². The molecule has 4 aromatic rings. The molecule has 4 rings (SSSR count). The normalized spacial score (nSPS) is 10.6. The predicted octanol–water partition coefficient (Wildman–Crippen LogP) is 5.20. The van der Waals surface area contributed by atoms with Crippen LogP contribution in [0.15, 0.2) is 84.9 Å². The van der Waals surface area contributed by atoms with Crippen molar-refractivity contribution < 1.29 is 9.53 Å². The van der Waals surface area contributed by atoms with Gasteiger partial charge in [-0.2, -0.15) is 0 Å². The van der Waals surface area contributed by atoms with Crippen LogP contribution in [0.4, 0.5) is 11.5 Å². The van der Waals surface area contributed by atoms with Gasteiger partial charge in [0.25, 0.3) is 0 Å². The topological polar surface area (TPSA) is 42.4 Å². The second kappa shape index (κ2) is 7.30. The molecule has 1 heterocycles. The van der Waals surface area contributed by atoms with E-state index in [1.807, 2.05) is 84.9 Å². The van der Waals surface area contributed by atoms with Crippen molar-refractivity contribution in [2.45, 2.75) is 0 Å². The van der Waals surface area contributed by atoms with Crippen LogP contribution in [0.2, 0.25) is 0 Å². The summed E-state index contributed by atoms with van der Waals surface area (Å²) in [6, 6.07) is 27.3. The third-order valence-corrected chi connectivity index (χ3v) is 4.47. The summed E-state index contributed by atoms with van der Waals surface area (Å²) >= 11 is 0. The fraction of sp³-hybridized carbons (Fsp3) is 0.0435. The molecular weight excluding hydrogens is 336 g/mol. The van der Waals surface area contributed by atoms with Gasteiger partial charge in [0, 0.05) is 10.9 Å². The van der Waals surface area contributed by atoms with Crippen molar-refractivity contribution in [3.63, 3.8) is 0 Å². The van der Waals surface area contributed by atoms with Gasteiger partial charge in [0.1, 0.15) is 11.6 Å². The average molecular weight is 354 g/mol. The SMILES string of the molecule is COc1ccc(N(C=O)c2nc(-c3ccccc3)cc3ccccc23)cc1. The molecular formula is C23H18N2O2. The zero-order valence-electron chi connectivity index (χ0n) is 14.9. The molecule has 1 amide bonds. The van der Waals surface area contributed by atoms with Crippen molar-refractivity contribution >= 4 is 28.7 Å². The Hall–Kier alpha value is -3.66. The molecule has 0 bridgehead atoms. The lowest BCUT2D eigenvalue weighted by atomic mass is 10.1. The van der Waals surface area contributed by atoms with Crippen LogP contribution in [-0.4, -0.2) is 18.5 Å². The molecule has 4 heteroatoms. The third kappa shape index (κ3) is 3.25. The van der Waals surface area contributed by atoms with E-state index in [-0.39, 0.29) is 0 Å². The van der Waals surface area contributed by atoms with Crippen molar-refractivity contribution in [2.75, 3.05) is 12.0 Å². The highest BCUT2D eigenvalue weighted by Crippen LogP contribution is 2.33. The van der Waals surface area contributed by atoms with E-state index in [0.29, 0.717) is 5.82 Å². The van der Waals surface area contributed by atoms with Gasteiger partial charge in [-0.25, -0.2) is 4.98 Å². The summed E-state index contributed by atoms with van der Waals surface area (Å²) in [6.45, 7) is 0. The molecule has 27 heavy (non-hydrogen) atoms. The molecule has 0 aliphatic carbocycles. The first-order valence-corrected chi connectivity index (χ1v) is 8.64. The van der Waals surface area contributed by atoms with Gasteiger partial charge in [-0.15, -0.1) is 0 Å². The maximum atomic E-state index is 12.0. The number of hydrogen-bond acceptors (Lipinski definition) is 3. The molecule has 1 aromatic heterocycles. The monoisotopic (exact) mass is 354 g/mol. The van der Waals surface area contributed by atoms with Crippen molar-refractivity contribution in [3.8, 4) is 17.0 Å². The lowest BCUT2D eigenvalue weighted by molar-refractivity contribution is -0.106. The lowest BCUT2D eigenvalue weighted by Gasteiger charge is -2.20. The highest BCUT2D eigenvalue weighted by Gasteiger charge is 2.15. The summed E-state index contributed by atoms with van der Waals surface area (Å²) in [6.07, 6.45) is 0.797. The molecule has 0 atom stereocenters. The Morgan fingerprint density at radius 1 is 0.889 bits per heavy atom. The number of carbonyl (C=O) groups is 1. The van der Waals surface area contributed by atoms with Gasteiger partial charge in [0.05, 0.1) is 18.5 Å². The van der Waals surface area contributed by atoms with Gasteiger partial charge < -0.3 is 4.74 Å². The molecule has 0 spiro atoms. The van der Waals surface area contributed by atoms with Crippen LogP contribution in [0, 0.1) is 0 Å². The Labute approximate surface area is 157 Å². The van der Waals surface area contributed by atoms with Gasteiger partial charge in [-0.3, -0.25) is 9.69 Å². The molecule has 4 nitrogen and oxygen atoms in total. The van der Waals surface area contributed by atoms with Crippen LogP contribution < -0.4 is 9.64 Å². The number of anilines is 2. The second-order valence-electron chi connectivity index (χ2n) is 6.09. The number of methoxy groups -OCH3 is 1. The molecule has 132 valence electrons. The molecule has 0 aliphatic heterocycles. The van der Waals surface area contributed by atoms with Crippen LogP contribution in [0.1, 0.15) is 0 Å². The van der Waals surface area contributed by atoms with Gasteiger partial charge in [0.15, 0.2) is 0 Å². The Balaban J connectivity index is 1.91. The van der Waals surface area contributed by atoms with Gasteiger partial charge >= 0.3 is 0 Å². The van der Waals surface area contributed by atoms with Crippen molar-refractivity contribution in [1.82, 2.24) is 4.98 Å². The number of carbonyl (C=O) groups excluding carboxylic acids is 1. The molecule has 0 radical (unpaired) electrons. The zero-order valence-corrected chi connectivity index (χ0v) is 14.9. The third-order valence-electron chi connectivity index (χ3n) is 4.47. The van der Waals surface area contributed by atoms with Gasteiger partial charge in [0.2, 0.25) is 6.41 Å². The van der Waals surface area contributed by atoms with Crippen molar-refractivity contribution in [2.24, 2.45) is 0 Å². The quantitative estimate of drug-likeness (QED) is 0.462. The van der Waals surface area contributed by atoms with Crippen LogP contribution in [0.3, 0.4) is 0 Å².